The van der Waals surface area contributed by atoms with Gasteiger partial charge in [0.15, 0.2) is 0 Å². The Balaban J connectivity index is 2.15. The number of nitrogens with zero attached hydrogens (tertiary/aromatic N) is 1. The van der Waals surface area contributed by atoms with Crippen LogP contribution in [0.2, 0.25) is 0 Å². The molecular formula is C20H15NO. The summed E-state index contributed by atoms with van der Waals surface area (Å²) in [6.45, 7) is 2.14. The molecule has 0 saturated carbocycles. The maximum atomic E-state index is 6.02. The third-order valence-corrected chi connectivity index (χ3v) is 4.66. The summed E-state index contributed by atoms with van der Waals surface area (Å²) in [4.78, 5) is 0. The molecule has 2 nitrogen and oxygen atoms in total. The van der Waals surface area contributed by atoms with Crippen molar-refractivity contribution in [3.05, 3.63) is 60.2 Å². The van der Waals surface area contributed by atoms with Gasteiger partial charge in [0.2, 0.25) is 0 Å². The smallest absolute Gasteiger partial charge is 0.137 e. The van der Waals surface area contributed by atoms with Gasteiger partial charge in [-0.2, -0.15) is 0 Å². The highest BCUT2D eigenvalue weighted by molar-refractivity contribution is 6.23. The lowest BCUT2D eigenvalue weighted by Gasteiger charge is -1.99. The Morgan fingerprint density at radius 3 is 2.59 bits per heavy atom. The van der Waals surface area contributed by atoms with Crippen LogP contribution in [0.15, 0.2) is 59.0 Å². The molecule has 0 fully saturated rings. The third-order valence-electron chi connectivity index (χ3n) is 4.66. The number of hydrogen-bond donors (Lipinski definition) is 0. The van der Waals surface area contributed by atoms with Crippen LogP contribution in [-0.2, 0) is 7.05 Å². The van der Waals surface area contributed by atoms with Gasteiger partial charge < -0.3 is 8.98 Å². The average molecular weight is 285 g/mol. The minimum atomic E-state index is 0.950. The van der Waals surface area contributed by atoms with Gasteiger partial charge in [-0.05, 0) is 37.3 Å². The van der Waals surface area contributed by atoms with Crippen LogP contribution < -0.4 is 0 Å². The van der Waals surface area contributed by atoms with Gasteiger partial charge in [0.1, 0.15) is 11.2 Å². The highest BCUT2D eigenvalue weighted by Gasteiger charge is 2.15. The molecule has 0 N–H and O–H groups in total. The van der Waals surface area contributed by atoms with E-state index in [0.29, 0.717) is 0 Å². The number of furan rings is 1. The van der Waals surface area contributed by atoms with Gasteiger partial charge in [-0.3, -0.25) is 0 Å². The van der Waals surface area contributed by atoms with Gasteiger partial charge in [-0.25, -0.2) is 0 Å². The molecule has 106 valence electrons. The van der Waals surface area contributed by atoms with Crippen LogP contribution in [0.4, 0.5) is 0 Å². The molecule has 5 rings (SSSR count). The molecule has 3 aromatic carbocycles. The summed E-state index contributed by atoms with van der Waals surface area (Å²) < 4.78 is 8.31. The Hall–Kier alpha value is -2.74. The first kappa shape index (κ1) is 11.9. The van der Waals surface area contributed by atoms with Crippen molar-refractivity contribution in [2.75, 3.05) is 0 Å². The fourth-order valence-electron chi connectivity index (χ4n) is 3.64. The van der Waals surface area contributed by atoms with Gasteiger partial charge >= 0.3 is 0 Å². The lowest BCUT2D eigenvalue weighted by Crippen LogP contribution is -1.87. The molecule has 0 saturated heterocycles. The average Bonchev–Trinajstić information content (AvgIpc) is 3.03. The van der Waals surface area contributed by atoms with Crippen LogP contribution in [0.3, 0.4) is 0 Å². The second kappa shape index (κ2) is 3.92. The van der Waals surface area contributed by atoms with E-state index in [1.54, 1.807) is 0 Å². The van der Waals surface area contributed by atoms with Crippen molar-refractivity contribution in [2.24, 2.45) is 7.05 Å². The van der Waals surface area contributed by atoms with E-state index in [-0.39, 0.29) is 0 Å². The topological polar surface area (TPSA) is 18.1 Å². The molecule has 2 heteroatoms. The van der Waals surface area contributed by atoms with Crippen molar-refractivity contribution in [3.8, 4) is 0 Å². The molecular weight excluding hydrogens is 270 g/mol. The summed E-state index contributed by atoms with van der Waals surface area (Å²) in [7, 11) is 2.14. The van der Waals surface area contributed by atoms with E-state index in [1.807, 2.05) is 12.1 Å². The second-order valence-corrected chi connectivity index (χ2v) is 6.01. The Morgan fingerprint density at radius 2 is 1.68 bits per heavy atom. The molecule has 0 atom stereocenters. The van der Waals surface area contributed by atoms with E-state index in [9.17, 15) is 0 Å². The Kier molecular flexibility index (Phi) is 2.11. The second-order valence-electron chi connectivity index (χ2n) is 6.01. The van der Waals surface area contributed by atoms with E-state index in [0.717, 1.165) is 11.2 Å². The van der Waals surface area contributed by atoms with Crippen molar-refractivity contribution < 1.29 is 4.42 Å². The quantitative estimate of drug-likeness (QED) is 0.365. The minimum absolute atomic E-state index is 0.950. The number of para-hydroxylation sites is 1. The number of aromatic nitrogens is 1. The van der Waals surface area contributed by atoms with Crippen molar-refractivity contribution >= 4 is 43.7 Å². The third kappa shape index (κ3) is 1.34. The molecule has 0 aliphatic heterocycles. The molecule has 2 aromatic heterocycles. The van der Waals surface area contributed by atoms with Crippen LogP contribution in [0.1, 0.15) is 5.56 Å². The predicted molar refractivity (Wildman–Crippen MR) is 92.4 cm³/mol. The van der Waals surface area contributed by atoms with Crippen LogP contribution in [0, 0.1) is 6.92 Å². The van der Waals surface area contributed by atoms with Crippen LogP contribution in [0.5, 0.6) is 0 Å². The van der Waals surface area contributed by atoms with Gasteiger partial charge in [-0.1, -0.05) is 29.8 Å². The molecule has 0 aliphatic carbocycles. The number of rotatable bonds is 0. The fourth-order valence-corrected chi connectivity index (χ4v) is 3.64. The van der Waals surface area contributed by atoms with Gasteiger partial charge in [0.05, 0.1) is 10.9 Å². The molecule has 5 aromatic rings. The van der Waals surface area contributed by atoms with E-state index < -0.39 is 0 Å². The number of hydrogen-bond acceptors (Lipinski definition) is 1. The highest BCUT2D eigenvalue weighted by Crippen LogP contribution is 2.38. The van der Waals surface area contributed by atoms with Gasteiger partial charge in [0, 0.05) is 28.7 Å². The maximum absolute atomic E-state index is 6.02. The van der Waals surface area contributed by atoms with Crippen molar-refractivity contribution in [1.82, 2.24) is 4.57 Å². The molecule has 0 spiro atoms. The van der Waals surface area contributed by atoms with Gasteiger partial charge in [-0.15, -0.1) is 0 Å². The van der Waals surface area contributed by atoms with Crippen LogP contribution >= 0.6 is 0 Å². The van der Waals surface area contributed by atoms with Crippen molar-refractivity contribution in [3.63, 3.8) is 0 Å². The van der Waals surface area contributed by atoms with E-state index in [4.69, 9.17) is 4.42 Å². The predicted octanol–water partition coefficient (Wildman–Crippen LogP) is 5.54. The summed E-state index contributed by atoms with van der Waals surface area (Å²) in [5.41, 5.74) is 5.71. The first-order valence-electron chi connectivity index (χ1n) is 7.53. The molecule has 0 aliphatic rings. The summed E-state index contributed by atoms with van der Waals surface area (Å²) in [6.07, 6.45) is 0. The van der Waals surface area contributed by atoms with E-state index in [1.165, 1.54) is 38.1 Å². The van der Waals surface area contributed by atoms with Gasteiger partial charge in [0.25, 0.3) is 0 Å². The lowest BCUT2D eigenvalue weighted by atomic mass is 10.1. The summed E-state index contributed by atoms with van der Waals surface area (Å²) >= 11 is 0. The van der Waals surface area contributed by atoms with E-state index >= 15 is 0 Å². The largest absolute Gasteiger partial charge is 0.456 e. The first-order valence-corrected chi connectivity index (χ1v) is 7.53. The Bertz CT molecular complexity index is 1190. The summed E-state index contributed by atoms with van der Waals surface area (Å²) in [6, 6.07) is 19.2. The molecule has 2 heterocycles. The number of fused-ring (bicyclic) bond motifs is 7. The van der Waals surface area contributed by atoms with Crippen LogP contribution in [-0.4, -0.2) is 4.57 Å². The normalized spacial score (nSPS) is 12.1. The standard InChI is InChI=1S/C20H15NO/c1-12-7-9-16-15(11-12)13-8-10-18-19(20(13)21(16)2)14-5-3-4-6-17(14)22-18/h3-11H,1-2H3. The Labute approximate surface area is 127 Å². The van der Waals surface area contributed by atoms with Crippen molar-refractivity contribution in [2.45, 2.75) is 6.92 Å². The first-order chi connectivity index (χ1) is 10.7. The van der Waals surface area contributed by atoms with Crippen molar-refractivity contribution in [1.29, 1.82) is 0 Å². The minimum Gasteiger partial charge on any atom is -0.456 e. The summed E-state index contributed by atoms with van der Waals surface area (Å²) in [5, 5.41) is 5.00. The van der Waals surface area contributed by atoms with E-state index in [2.05, 4.69) is 61.0 Å². The molecule has 0 unspecified atom stereocenters. The monoisotopic (exact) mass is 285 g/mol. The molecule has 0 bridgehead atoms. The highest BCUT2D eigenvalue weighted by atomic mass is 16.3. The summed E-state index contributed by atoms with van der Waals surface area (Å²) in [5.74, 6) is 0. The number of aryl methyl sites for hydroxylation is 2. The zero-order valence-electron chi connectivity index (χ0n) is 12.6. The zero-order valence-corrected chi connectivity index (χ0v) is 12.6. The lowest BCUT2D eigenvalue weighted by molar-refractivity contribution is 0.669. The SMILES string of the molecule is Cc1ccc2c(c1)c1ccc3oc4ccccc4c3c1n2C. The molecule has 0 amide bonds. The number of benzene rings is 3. The van der Waals surface area contributed by atoms with Crippen LogP contribution in [0.25, 0.3) is 43.7 Å². The molecule has 22 heavy (non-hydrogen) atoms. The molecule has 0 radical (unpaired) electrons. The fraction of sp³-hybridized carbons (Fsp3) is 0.100. The zero-order chi connectivity index (χ0) is 14.8. The Morgan fingerprint density at radius 1 is 0.818 bits per heavy atom. The maximum Gasteiger partial charge on any atom is 0.137 e.